The van der Waals surface area contributed by atoms with E-state index in [0.29, 0.717) is 12.1 Å². The summed E-state index contributed by atoms with van der Waals surface area (Å²) in [5.74, 6) is -0.0453. The summed E-state index contributed by atoms with van der Waals surface area (Å²) in [5.41, 5.74) is 6.07. The Kier molecular flexibility index (Phi) is 3.59. The maximum Gasteiger partial charge on any atom is 0.255 e. The first-order valence-electron chi connectivity index (χ1n) is 4.54. The Labute approximate surface area is 83.7 Å². The van der Waals surface area contributed by atoms with Crippen molar-refractivity contribution in [3.8, 4) is 0 Å². The van der Waals surface area contributed by atoms with Crippen LogP contribution in [0.4, 0.5) is 0 Å². The highest BCUT2D eigenvalue weighted by atomic mass is 16.2. The second-order valence-corrected chi connectivity index (χ2v) is 3.24. The molecular weight excluding hydrogens is 178 g/mol. The molecule has 0 aliphatic heterocycles. The third-order valence-electron chi connectivity index (χ3n) is 2.23. The number of rotatable bonds is 3. The van der Waals surface area contributed by atoms with E-state index in [-0.39, 0.29) is 11.9 Å². The molecule has 2 N–H and O–H groups in total. The zero-order valence-corrected chi connectivity index (χ0v) is 8.47. The average molecular weight is 193 g/mol. The normalized spacial score (nSPS) is 12.2. The van der Waals surface area contributed by atoms with Crippen LogP contribution in [0.5, 0.6) is 0 Å². The van der Waals surface area contributed by atoms with Crippen molar-refractivity contribution in [1.82, 2.24) is 9.88 Å². The number of hydrogen-bond donors (Lipinski definition) is 1. The van der Waals surface area contributed by atoms with Crippen LogP contribution in [0.15, 0.2) is 24.5 Å². The maximum absolute atomic E-state index is 11.8. The summed E-state index contributed by atoms with van der Waals surface area (Å²) in [5, 5.41) is 0. The zero-order valence-electron chi connectivity index (χ0n) is 8.47. The monoisotopic (exact) mass is 193 g/mol. The molecular formula is C10H15N3O. The quantitative estimate of drug-likeness (QED) is 0.760. The number of likely N-dealkylation sites (N-methyl/N-ethyl adjacent to an activating group) is 1. The van der Waals surface area contributed by atoms with Gasteiger partial charge >= 0.3 is 0 Å². The number of amides is 1. The SMILES string of the molecule is CC(CN)N(C)C(=O)c1cccnc1. The molecule has 1 atom stereocenters. The first-order chi connectivity index (χ1) is 6.66. The van der Waals surface area contributed by atoms with E-state index in [4.69, 9.17) is 5.73 Å². The molecule has 0 radical (unpaired) electrons. The highest BCUT2D eigenvalue weighted by molar-refractivity contribution is 5.93. The van der Waals surface area contributed by atoms with Gasteiger partial charge in [0, 0.05) is 32.0 Å². The van der Waals surface area contributed by atoms with Crippen LogP contribution in [0, 0.1) is 0 Å². The van der Waals surface area contributed by atoms with Gasteiger partial charge in [-0.25, -0.2) is 0 Å². The van der Waals surface area contributed by atoms with E-state index >= 15 is 0 Å². The van der Waals surface area contributed by atoms with E-state index in [2.05, 4.69) is 4.98 Å². The second-order valence-electron chi connectivity index (χ2n) is 3.24. The summed E-state index contributed by atoms with van der Waals surface area (Å²) in [7, 11) is 1.74. The zero-order chi connectivity index (χ0) is 10.6. The first-order valence-corrected chi connectivity index (χ1v) is 4.54. The molecule has 4 nitrogen and oxygen atoms in total. The molecule has 4 heteroatoms. The van der Waals surface area contributed by atoms with Crippen molar-refractivity contribution in [2.24, 2.45) is 5.73 Å². The number of carbonyl (C=O) groups is 1. The van der Waals surface area contributed by atoms with E-state index in [9.17, 15) is 4.79 Å². The van der Waals surface area contributed by atoms with E-state index in [1.807, 2.05) is 6.92 Å². The Hall–Kier alpha value is -1.42. The van der Waals surface area contributed by atoms with Crippen LogP contribution in [0.1, 0.15) is 17.3 Å². The lowest BCUT2D eigenvalue weighted by molar-refractivity contribution is 0.0748. The number of nitrogens with zero attached hydrogens (tertiary/aromatic N) is 2. The summed E-state index contributed by atoms with van der Waals surface area (Å²) in [6.45, 7) is 2.37. The first kappa shape index (κ1) is 10.7. The Morgan fingerprint density at radius 3 is 2.93 bits per heavy atom. The molecule has 1 aromatic heterocycles. The summed E-state index contributed by atoms with van der Waals surface area (Å²) in [4.78, 5) is 17.3. The second kappa shape index (κ2) is 4.72. The molecule has 0 saturated carbocycles. The maximum atomic E-state index is 11.8. The lowest BCUT2D eigenvalue weighted by atomic mass is 10.2. The topological polar surface area (TPSA) is 59.2 Å². The third kappa shape index (κ3) is 2.29. The van der Waals surface area contributed by atoms with Gasteiger partial charge in [0.25, 0.3) is 5.91 Å². The largest absolute Gasteiger partial charge is 0.338 e. The van der Waals surface area contributed by atoms with Crippen LogP contribution in [-0.2, 0) is 0 Å². The van der Waals surface area contributed by atoms with E-state index in [1.54, 1.807) is 36.5 Å². The van der Waals surface area contributed by atoms with Gasteiger partial charge in [-0.1, -0.05) is 0 Å². The van der Waals surface area contributed by atoms with Crippen molar-refractivity contribution in [2.75, 3.05) is 13.6 Å². The van der Waals surface area contributed by atoms with Crippen molar-refractivity contribution in [3.63, 3.8) is 0 Å². The van der Waals surface area contributed by atoms with Gasteiger partial charge in [-0.05, 0) is 19.1 Å². The Morgan fingerprint density at radius 2 is 2.43 bits per heavy atom. The van der Waals surface area contributed by atoms with Crippen LogP contribution in [0.2, 0.25) is 0 Å². The highest BCUT2D eigenvalue weighted by Crippen LogP contribution is 2.03. The smallest absolute Gasteiger partial charge is 0.255 e. The average Bonchev–Trinajstić information content (AvgIpc) is 2.27. The number of nitrogens with two attached hydrogens (primary N) is 1. The van der Waals surface area contributed by atoms with E-state index in [1.165, 1.54) is 0 Å². The van der Waals surface area contributed by atoms with Gasteiger partial charge < -0.3 is 10.6 Å². The molecule has 0 aliphatic rings. The van der Waals surface area contributed by atoms with Crippen LogP contribution in [0.25, 0.3) is 0 Å². The fourth-order valence-electron chi connectivity index (χ4n) is 1.05. The van der Waals surface area contributed by atoms with Crippen molar-refractivity contribution < 1.29 is 4.79 Å². The van der Waals surface area contributed by atoms with Gasteiger partial charge in [-0.2, -0.15) is 0 Å². The molecule has 76 valence electrons. The van der Waals surface area contributed by atoms with E-state index in [0.717, 1.165) is 0 Å². The Bertz CT molecular complexity index is 299. The molecule has 0 saturated heterocycles. The molecule has 1 heterocycles. The van der Waals surface area contributed by atoms with Crippen molar-refractivity contribution in [1.29, 1.82) is 0 Å². The van der Waals surface area contributed by atoms with Gasteiger partial charge in [0.1, 0.15) is 0 Å². The fraction of sp³-hybridized carbons (Fsp3) is 0.400. The van der Waals surface area contributed by atoms with Crippen LogP contribution >= 0.6 is 0 Å². The van der Waals surface area contributed by atoms with Crippen LogP contribution < -0.4 is 5.73 Å². The van der Waals surface area contributed by atoms with Gasteiger partial charge in [0.05, 0.1) is 5.56 Å². The minimum absolute atomic E-state index is 0.0442. The van der Waals surface area contributed by atoms with Gasteiger partial charge in [-0.15, -0.1) is 0 Å². The lowest BCUT2D eigenvalue weighted by Crippen LogP contribution is -2.39. The molecule has 0 fully saturated rings. The standard InChI is InChI=1S/C10H15N3O/c1-8(6-11)13(2)10(14)9-4-3-5-12-7-9/h3-5,7-8H,6,11H2,1-2H3. The van der Waals surface area contributed by atoms with Crippen molar-refractivity contribution >= 4 is 5.91 Å². The Morgan fingerprint density at radius 1 is 1.71 bits per heavy atom. The number of carbonyl (C=O) groups excluding carboxylic acids is 1. The fourth-order valence-corrected chi connectivity index (χ4v) is 1.05. The molecule has 1 aromatic rings. The van der Waals surface area contributed by atoms with E-state index < -0.39 is 0 Å². The molecule has 14 heavy (non-hydrogen) atoms. The number of hydrogen-bond acceptors (Lipinski definition) is 3. The molecule has 0 aliphatic carbocycles. The van der Waals surface area contributed by atoms with Crippen LogP contribution in [0.3, 0.4) is 0 Å². The van der Waals surface area contributed by atoms with Crippen molar-refractivity contribution in [2.45, 2.75) is 13.0 Å². The molecule has 0 aromatic carbocycles. The summed E-state index contributed by atoms with van der Waals surface area (Å²) in [6.07, 6.45) is 3.20. The summed E-state index contributed by atoms with van der Waals surface area (Å²) in [6, 6.07) is 3.53. The van der Waals surface area contributed by atoms with Gasteiger partial charge in [0.15, 0.2) is 0 Å². The minimum Gasteiger partial charge on any atom is -0.338 e. The predicted molar refractivity (Wildman–Crippen MR) is 54.8 cm³/mol. The lowest BCUT2D eigenvalue weighted by Gasteiger charge is -2.23. The minimum atomic E-state index is -0.0453. The molecule has 1 unspecified atom stereocenters. The third-order valence-corrected chi connectivity index (χ3v) is 2.23. The molecule has 1 rings (SSSR count). The highest BCUT2D eigenvalue weighted by Gasteiger charge is 2.15. The Balaban J connectivity index is 2.76. The number of aromatic nitrogens is 1. The summed E-state index contributed by atoms with van der Waals surface area (Å²) >= 11 is 0. The number of pyridine rings is 1. The predicted octanol–water partition coefficient (Wildman–Crippen LogP) is 0.501. The summed E-state index contributed by atoms with van der Waals surface area (Å²) < 4.78 is 0. The van der Waals surface area contributed by atoms with Gasteiger partial charge in [0.2, 0.25) is 0 Å². The van der Waals surface area contributed by atoms with Crippen LogP contribution in [-0.4, -0.2) is 35.4 Å². The van der Waals surface area contributed by atoms with Gasteiger partial charge in [-0.3, -0.25) is 9.78 Å². The molecule has 0 bridgehead atoms. The molecule has 0 spiro atoms. The molecule has 1 amide bonds. The van der Waals surface area contributed by atoms with Crippen molar-refractivity contribution in [3.05, 3.63) is 30.1 Å².